The van der Waals surface area contributed by atoms with Crippen LogP contribution < -0.4 is 0 Å². The summed E-state index contributed by atoms with van der Waals surface area (Å²) >= 11 is 23.2. The molecule has 0 aliphatic carbocycles. The van der Waals surface area contributed by atoms with Gasteiger partial charge in [-0.2, -0.15) is 0 Å². The third-order valence-electron chi connectivity index (χ3n) is 1.59. The molecule has 1 aromatic carbocycles. The molecule has 14 heavy (non-hydrogen) atoms. The van der Waals surface area contributed by atoms with E-state index in [9.17, 15) is 0 Å². The fraction of sp³-hybridized carbons (Fsp3) is 0.200. The summed E-state index contributed by atoms with van der Waals surface area (Å²) in [5.41, 5.74) is 0.814. The van der Waals surface area contributed by atoms with Gasteiger partial charge in [-0.25, -0.2) is 0 Å². The molecular weight excluding hydrogens is 262 g/mol. The second-order valence-corrected chi connectivity index (χ2v) is 4.27. The first kappa shape index (κ1) is 12.2. The largest absolute Gasteiger partial charge is 0.126 e. The molecule has 1 rings (SSSR count). The normalized spacial score (nSPS) is 11.1. The molecule has 0 aliphatic rings. The van der Waals surface area contributed by atoms with Crippen LogP contribution in [0.25, 0.3) is 6.08 Å². The Kier molecular flexibility index (Phi) is 5.11. The lowest BCUT2D eigenvalue weighted by Crippen LogP contribution is -1.78. The summed E-state index contributed by atoms with van der Waals surface area (Å²) in [6, 6.07) is 3.38. The van der Waals surface area contributed by atoms with Crippen LogP contribution in [0.5, 0.6) is 0 Å². The maximum atomic E-state index is 5.97. The number of hydrogen-bond donors (Lipinski definition) is 0. The summed E-state index contributed by atoms with van der Waals surface area (Å²) in [6.07, 6.45) is 4.59. The fourth-order valence-corrected chi connectivity index (χ4v) is 1.78. The standard InChI is InChI=1S/C10H8Cl4/c11-4-2-1-3-7-5-8(12)6-9(13)10(7)14/h1,3,5-6H,2,4H2. The van der Waals surface area contributed by atoms with Crippen LogP contribution in [0.2, 0.25) is 15.1 Å². The van der Waals surface area contributed by atoms with Gasteiger partial charge in [0.25, 0.3) is 0 Å². The lowest BCUT2D eigenvalue weighted by atomic mass is 10.2. The first-order valence-electron chi connectivity index (χ1n) is 4.02. The average Bonchev–Trinajstić information content (AvgIpc) is 2.13. The molecule has 0 unspecified atom stereocenters. The highest BCUT2D eigenvalue weighted by Gasteiger charge is 2.03. The van der Waals surface area contributed by atoms with Crippen molar-refractivity contribution in [2.75, 3.05) is 5.88 Å². The Morgan fingerprint density at radius 1 is 1.14 bits per heavy atom. The molecule has 0 atom stereocenters. The second-order valence-electron chi connectivity index (χ2n) is 2.67. The highest BCUT2D eigenvalue weighted by atomic mass is 35.5. The zero-order valence-corrected chi connectivity index (χ0v) is 10.3. The molecule has 0 amide bonds. The molecule has 76 valence electrons. The van der Waals surface area contributed by atoms with Crippen molar-refractivity contribution in [1.29, 1.82) is 0 Å². The molecular formula is C10H8Cl4. The van der Waals surface area contributed by atoms with E-state index in [2.05, 4.69) is 0 Å². The van der Waals surface area contributed by atoms with Crippen LogP contribution in [-0.4, -0.2) is 5.88 Å². The SMILES string of the molecule is ClCCC=Cc1cc(Cl)cc(Cl)c1Cl. The molecule has 0 nitrogen and oxygen atoms in total. The Labute approximate surface area is 103 Å². The average molecular weight is 270 g/mol. The minimum atomic E-state index is 0.463. The number of allylic oxidation sites excluding steroid dienone is 1. The van der Waals surface area contributed by atoms with Crippen molar-refractivity contribution in [1.82, 2.24) is 0 Å². The van der Waals surface area contributed by atoms with Crippen molar-refractivity contribution in [3.8, 4) is 0 Å². The summed E-state index contributed by atoms with van der Waals surface area (Å²) in [7, 11) is 0. The van der Waals surface area contributed by atoms with Crippen molar-refractivity contribution in [2.45, 2.75) is 6.42 Å². The molecule has 4 heteroatoms. The molecule has 1 aromatic rings. The van der Waals surface area contributed by atoms with Gasteiger partial charge in [0.05, 0.1) is 10.0 Å². The second kappa shape index (κ2) is 5.87. The predicted octanol–water partition coefficient (Wildman–Crippen LogP) is 5.29. The maximum absolute atomic E-state index is 5.97. The Morgan fingerprint density at radius 3 is 2.50 bits per heavy atom. The molecule has 0 saturated carbocycles. The highest BCUT2D eigenvalue weighted by molar-refractivity contribution is 6.44. The number of hydrogen-bond acceptors (Lipinski definition) is 0. The van der Waals surface area contributed by atoms with Crippen LogP contribution in [0.1, 0.15) is 12.0 Å². The van der Waals surface area contributed by atoms with Crippen LogP contribution in [-0.2, 0) is 0 Å². The maximum Gasteiger partial charge on any atom is 0.0665 e. The first-order valence-corrected chi connectivity index (χ1v) is 5.69. The van der Waals surface area contributed by atoms with Crippen molar-refractivity contribution in [2.24, 2.45) is 0 Å². The van der Waals surface area contributed by atoms with E-state index >= 15 is 0 Å². The fourth-order valence-electron chi connectivity index (χ4n) is 0.970. The molecule has 0 aromatic heterocycles. The Bertz CT molecular complexity index is 344. The summed E-state index contributed by atoms with van der Waals surface area (Å²) in [6.45, 7) is 0. The van der Waals surface area contributed by atoms with Gasteiger partial charge in [0.15, 0.2) is 0 Å². The molecule has 0 heterocycles. The minimum Gasteiger partial charge on any atom is -0.126 e. The number of rotatable bonds is 3. The minimum absolute atomic E-state index is 0.463. The van der Waals surface area contributed by atoms with Crippen LogP contribution >= 0.6 is 46.4 Å². The highest BCUT2D eigenvalue weighted by Crippen LogP contribution is 2.30. The summed E-state index contributed by atoms with van der Waals surface area (Å²) in [4.78, 5) is 0. The van der Waals surface area contributed by atoms with Gasteiger partial charge in [-0.15, -0.1) is 11.6 Å². The van der Waals surface area contributed by atoms with Crippen LogP contribution in [0.3, 0.4) is 0 Å². The summed E-state index contributed by atoms with van der Waals surface area (Å²) < 4.78 is 0. The Hall–Kier alpha value is 0.120. The number of alkyl halides is 1. The monoisotopic (exact) mass is 268 g/mol. The lowest BCUT2D eigenvalue weighted by molar-refractivity contribution is 1.24. The van der Waals surface area contributed by atoms with Gasteiger partial charge in [0.1, 0.15) is 0 Å². The van der Waals surface area contributed by atoms with E-state index in [-0.39, 0.29) is 0 Å². The summed E-state index contributed by atoms with van der Waals surface area (Å²) in [5.74, 6) is 0.586. The van der Waals surface area contributed by atoms with E-state index < -0.39 is 0 Å². The van der Waals surface area contributed by atoms with Gasteiger partial charge >= 0.3 is 0 Å². The van der Waals surface area contributed by atoms with E-state index in [0.717, 1.165) is 12.0 Å². The van der Waals surface area contributed by atoms with Gasteiger partial charge < -0.3 is 0 Å². The molecule has 0 spiro atoms. The van der Waals surface area contributed by atoms with Gasteiger partial charge in [0.2, 0.25) is 0 Å². The number of halogens is 4. The van der Waals surface area contributed by atoms with E-state index in [1.807, 2.05) is 12.2 Å². The smallest absolute Gasteiger partial charge is 0.0665 e. The van der Waals surface area contributed by atoms with Gasteiger partial charge in [-0.3, -0.25) is 0 Å². The van der Waals surface area contributed by atoms with Gasteiger partial charge in [-0.1, -0.05) is 47.0 Å². The molecule has 0 N–H and O–H groups in total. The zero-order valence-electron chi connectivity index (χ0n) is 7.24. The van der Waals surface area contributed by atoms with Crippen LogP contribution in [0, 0.1) is 0 Å². The zero-order chi connectivity index (χ0) is 10.6. The quantitative estimate of drug-likeness (QED) is 0.517. The van der Waals surface area contributed by atoms with Crippen molar-refractivity contribution in [3.63, 3.8) is 0 Å². The van der Waals surface area contributed by atoms with Gasteiger partial charge in [-0.05, 0) is 24.1 Å². The Balaban J connectivity index is 2.96. The predicted molar refractivity (Wildman–Crippen MR) is 65.8 cm³/mol. The topological polar surface area (TPSA) is 0 Å². The molecule has 0 saturated heterocycles. The molecule has 0 fully saturated rings. The van der Waals surface area contributed by atoms with E-state index in [1.165, 1.54) is 0 Å². The van der Waals surface area contributed by atoms with E-state index in [0.29, 0.717) is 20.9 Å². The van der Waals surface area contributed by atoms with Crippen LogP contribution in [0.15, 0.2) is 18.2 Å². The third kappa shape index (κ3) is 3.36. The molecule has 0 aliphatic heterocycles. The first-order chi connectivity index (χ1) is 6.65. The van der Waals surface area contributed by atoms with Crippen molar-refractivity contribution in [3.05, 3.63) is 38.8 Å². The van der Waals surface area contributed by atoms with Crippen LogP contribution in [0.4, 0.5) is 0 Å². The van der Waals surface area contributed by atoms with E-state index in [4.69, 9.17) is 46.4 Å². The molecule has 0 bridgehead atoms. The Morgan fingerprint density at radius 2 is 1.86 bits per heavy atom. The van der Waals surface area contributed by atoms with E-state index in [1.54, 1.807) is 12.1 Å². The van der Waals surface area contributed by atoms with Crippen molar-refractivity contribution < 1.29 is 0 Å². The number of benzene rings is 1. The molecule has 0 radical (unpaired) electrons. The lowest BCUT2D eigenvalue weighted by Gasteiger charge is -2.01. The van der Waals surface area contributed by atoms with Crippen molar-refractivity contribution >= 4 is 52.5 Å². The summed E-state index contributed by atoms with van der Waals surface area (Å²) in [5, 5.41) is 1.55. The van der Waals surface area contributed by atoms with Gasteiger partial charge in [0, 0.05) is 10.9 Å². The third-order valence-corrected chi connectivity index (χ3v) is 2.85.